The number of rotatable bonds is 10. The molecule has 0 aliphatic heterocycles. The second kappa shape index (κ2) is 11.1. The molecule has 0 unspecified atom stereocenters. The zero-order valence-corrected chi connectivity index (χ0v) is 17.1. The first-order chi connectivity index (χ1) is 12.6. The summed E-state index contributed by atoms with van der Waals surface area (Å²) in [5.74, 6) is 1.54. The molecule has 0 saturated carbocycles. The molecule has 2 aromatic carbocycles. The third-order valence-electron chi connectivity index (χ3n) is 4.74. The lowest BCUT2D eigenvalue weighted by molar-refractivity contribution is 0.0946. The minimum Gasteiger partial charge on any atom is -0.352 e. The van der Waals surface area contributed by atoms with Crippen molar-refractivity contribution in [3.8, 4) is 0 Å². The van der Waals surface area contributed by atoms with Crippen LogP contribution in [0, 0.1) is 12.8 Å². The largest absolute Gasteiger partial charge is 0.352 e. The Bertz CT molecular complexity index is 664. The first kappa shape index (κ1) is 20.6. The predicted octanol–water partition coefficient (Wildman–Crippen LogP) is 6.23. The Morgan fingerprint density at radius 2 is 1.73 bits per heavy atom. The van der Waals surface area contributed by atoms with E-state index in [0.29, 0.717) is 5.92 Å². The maximum absolute atomic E-state index is 12.3. The molecule has 0 aromatic heterocycles. The first-order valence-corrected chi connectivity index (χ1v) is 10.7. The van der Waals surface area contributed by atoms with Crippen molar-refractivity contribution in [2.75, 3.05) is 6.54 Å². The molecule has 0 saturated heterocycles. The van der Waals surface area contributed by atoms with Gasteiger partial charge in [0.05, 0.1) is 0 Å². The van der Waals surface area contributed by atoms with Crippen LogP contribution in [-0.2, 0) is 5.75 Å². The number of thioether (sulfide) groups is 1. The van der Waals surface area contributed by atoms with Gasteiger partial charge in [0, 0.05) is 22.8 Å². The van der Waals surface area contributed by atoms with Gasteiger partial charge in [-0.05, 0) is 49.1 Å². The third-order valence-corrected chi connectivity index (χ3v) is 5.82. The molecule has 0 bridgehead atoms. The number of benzene rings is 2. The zero-order chi connectivity index (χ0) is 18.8. The van der Waals surface area contributed by atoms with Crippen LogP contribution in [0.4, 0.5) is 0 Å². The van der Waals surface area contributed by atoms with Gasteiger partial charge in [-0.3, -0.25) is 4.79 Å². The number of nitrogens with one attached hydrogen (secondary N) is 1. The van der Waals surface area contributed by atoms with Gasteiger partial charge in [-0.15, -0.1) is 11.8 Å². The smallest absolute Gasteiger partial charge is 0.251 e. The monoisotopic (exact) mass is 369 g/mol. The quantitative estimate of drug-likeness (QED) is 0.503. The highest BCUT2D eigenvalue weighted by Gasteiger charge is 2.10. The third kappa shape index (κ3) is 6.87. The fraction of sp³-hybridized carbons (Fsp3) is 0.435. The molecule has 0 fully saturated rings. The van der Waals surface area contributed by atoms with Gasteiger partial charge in [0.15, 0.2) is 0 Å². The average molecular weight is 370 g/mol. The molecule has 2 nitrogen and oxygen atoms in total. The Morgan fingerprint density at radius 1 is 1.04 bits per heavy atom. The molecular weight excluding hydrogens is 338 g/mol. The van der Waals surface area contributed by atoms with E-state index in [4.69, 9.17) is 0 Å². The fourth-order valence-electron chi connectivity index (χ4n) is 2.84. The number of amides is 1. The Kier molecular flexibility index (Phi) is 8.76. The highest BCUT2D eigenvalue weighted by atomic mass is 32.2. The fourth-order valence-corrected chi connectivity index (χ4v) is 3.69. The molecule has 140 valence electrons. The number of hydrogen-bond acceptors (Lipinski definition) is 2. The molecule has 2 aromatic rings. The van der Waals surface area contributed by atoms with Crippen molar-refractivity contribution in [3.05, 3.63) is 65.2 Å². The number of carbonyl (C=O) groups excluding carboxylic acids is 1. The van der Waals surface area contributed by atoms with E-state index in [1.165, 1.54) is 35.3 Å². The molecule has 0 radical (unpaired) electrons. The lowest BCUT2D eigenvalue weighted by atomic mass is 9.99. The van der Waals surface area contributed by atoms with Gasteiger partial charge >= 0.3 is 0 Å². The van der Waals surface area contributed by atoms with Gasteiger partial charge in [-0.25, -0.2) is 0 Å². The van der Waals surface area contributed by atoms with Crippen LogP contribution in [0.25, 0.3) is 0 Å². The number of aryl methyl sites for hydroxylation is 1. The number of hydrogen-bond donors (Lipinski definition) is 1. The van der Waals surface area contributed by atoms with E-state index >= 15 is 0 Å². The second-order valence-electron chi connectivity index (χ2n) is 6.93. The van der Waals surface area contributed by atoms with Crippen molar-refractivity contribution in [2.45, 2.75) is 57.1 Å². The lowest BCUT2D eigenvalue weighted by Gasteiger charge is -2.15. The summed E-state index contributed by atoms with van der Waals surface area (Å²) in [6, 6.07) is 16.6. The minimum atomic E-state index is 0.0395. The predicted molar refractivity (Wildman–Crippen MR) is 113 cm³/mol. The topological polar surface area (TPSA) is 29.1 Å². The van der Waals surface area contributed by atoms with Crippen LogP contribution >= 0.6 is 11.8 Å². The van der Waals surface area contributed by atoms with Gasteiger partial charge in [-0.2, -0.15) is 0 Å². The van der Waals surface area contributed by atoms with Crippen LogP contribution in [0.3, 0.4) is 0 Å². The molecule has 0 heterocycles. The average Bonchev–Trinajstić information content (AvgIpc) is 2.68. The van der Waals surface area contributed by atoms with Gasteiger partial charge < -0.3 is 5.32 Å². The van der Waals surface area contributed by atoms with Crippen molar-refractivity contribution in [1.82, 2.24) is 5.32 Å². The highest BCUT2D eigenvalue weighted by molar-refractivity contribution is 7.98. The van der Waals surface area contributed by atoms with Gasteiger partial charge in [0.2, 0.25) is 0 Å². The maximum atomic E-state index is 12.3. The van der Waals surface area contributed by atoms with Crippen molar-refractivity contribution < 1.29 is 4.79 Å². The SMILES string of the molecule is CCCC[C@H](CC)CNC(=O)c1ccc(CSc2ccc(C)cc2)cc1. The molecule has 0 aliphatic carbocycles. The van der Waals surface area contributed by atoms with E-state index < -0.39 is 0 Å². The second-order valence-corrected chi connectivity index (χ2v) is 7.97. The summed E-state index contributed by atoms with van der Waals surface area (Å²) in [7, 11) is 0. The molecule has 3 heteroatoms. The molecule has 0 spiro atoms. The molecular formula is C23H31NOS. The van der Waals surface area contributed by atoms with Crippen LogP contribution in [0.5, 0.6) is 0 Å². The van der Waals surface area contributed by atoms with E-state index in [-0.39, 0.29) is 5.91 Å². The summed E-state index contributed by atoms with van der Waals surface area (Å²) in [6.07, 6.45) is 4.77. The Balaban J connectivity index is 1.81. The molecule has 1 N–H and O–H groups in total. The number of carbonyl (C=O) groups is 1. The summed E-state index contributed by atoms with van der Waals surface area (Å²) in [4.78, 5) is 13.6. The summed E-state index contributed by atoms with van der Waals surface area (Å²) in [5.41, 5.74) is 3.27. The summed E-state index contributed by atoms with van der Waals surface area (Å²) in [5, 5.41) is 3.10. The first-order valence-electron chi connectivity index (χ1n) is 9.69. The van der Waals surface area contributed by atoms with Crippen LogP contribution in [0.1, 0.15) is 61.0 Å². The van der Waals surface area contributed by atoms with E-state index in [1.807, 2.05) is 23.9 Å². The van der Waals surface area contributed by atoms with Crippen molar-refractivity contribution >= 4 is 17.7 Å². The standard InChI is InChI=1S/C23H31NOS/c1-4-6-7-19(5-2)16-24-23(25)21-12-10-20(11-13-21)17-26-22-14-8-18(3)9-15-22/h8-15,19H,4-7,16-17H2,1-3H3,(H,24,25)/t19-/m0/s1. The van der Waals surface area contributed by atoms with Crippen LogP contribution in [0.15, 0.2) is 53.4 Å². The van der Waals surface area contributed by atoms with Crippen LogP contribution in [0.2, 0.25) is 0 Å². The minimum absolute atomic E-state index is 0.0395. The normalized spacial score (nSPS) is 12.0. The summed E-state index contributed by atoms with van der Waals surface area (Å²) in [6.45, 7) is 7.29. The molecule has 0 aliphatic rings. The zero-order valence-electron chi connectivity index (χ0n) is 16.3. The maximum Gasteiger partial charge on any atom is 0.251 e. The highest BCUT2D eigenvalue weighted by Crippen LogP contribution is 2.23. The van der Waals surface area contributed by atoms with E-state index in [2.05, 4.69) is 62.5 Å². The van der Waals surface area contributed by atoms with E-state index in [9.17, 15) is 4.79 Å². The van der Waals surface area contributed by atoms with Crippen molar-refractivity contribution in [2.24, 2.45) is 5.92 Å². The molecule has 26 heavy (non-hydrogen) atoms. The van der Waals surface area contributed by atoms with E-state index in [0.717, 1.165) is 24.3 Å². The van der Waals surface area contributed by atoms with Gasteiger partial charge in [0.25, 0.3) is 5.91 Å². The lowest BCUT2D eigenvalue weighted by Crippen LogP contribution is -2.29. The Morgan fingerprint density at radius 3 is 2.35 bits per heavy atom. The Labute approximate surface area is 162 Å². The molecule has 1 atom stereocenters. The number of unbranched alkanes of at least 4 members (excludes halogenated alkanes) is 1. The van der Waals surface area contributed by atoms with Crippen LogP contribution in [-0.4, -0.2) is 12.5 Å². The van der Waals surface area contributed by atoms with E-state index in [1.54, 1.807) is 0 Å². The van der Waals surface area contributed by atoms with Gasteiger partial charge in [-0.1, -0.05) is 62.9 Å². The van der Waals surface area contributed by atoms with Crippen molar-refractivity contribution in [1.29, 1.82) is 0 Å². The molecule has 2 rings (SSSR count). The summed E-state index contributed by atoms with van der Waals surface area (Å²) >= 11 is 1.82. The van der Waals surface area contributed by atoms with Crippen molar-refractivity contribution in [3.63, 3.8) is 0 Å². The van der Waals surface area contributed by atoms with Crippen LogP contribution < -0.4 is 5.32 Å². The summed E-state index contributed by atoms with van der Waals surface area (Å²) < 4.78 is 0. The Hall–Kier alpha value is -1.74. The molecule has 1 amide bonds. The van der Waals surface area contributed by atoms with Gasteiger partial charge in [0.1, 0.15) is 0 Å².